The number of rotatable bonds is 7. The number of amides is 1. The molecule has 2 fully saturated rings. The largest absolute Gasteiger partial charge is 0.342 e. The van der Waals surface area contributed by atoms with E-state index < -0.39 is 0 Å². The number of likely N-dealkylation sites (tertiary alicyclic amines) is 2. The first-order chi connectivity index (χ1) is 19.9. The molecule has 1 atom stereocenters. The molecule has 4 heterocycles. The lowest BCUT2D eigenvalue weighted by molar-refractivity contribution is -0.132. The Morgan fingerprint density at radius 2 is 1.83 bits per heavy atom. The van der Waals surface area contributed by atoms with Crippen molar-refractivity contribution in [1.29, 1.82) is 0 Å². The van der Waals surface area contributed by atoms with Crippen LogP contribution in [-0.2, 0) is 16.6 Å². The average Bonchev–Trinajstić information content (AvgIpc) is 3.34. The molecule has 0 bridgehead atoms. The van der Waals surface area contributed by atoms with E-state index >= 15 is 0 Å². The fraction of sp³-hybridized carbons (Fsp3) is 0.424. The van der Waals surface area contributed by atoms with Gasteiger partial charge in [-0.1, -0.05) is 59.6 Å². The van der Waals surface area contributed by atoms with Crippen LogP contribution in [0.15, 0.2) is 67.0 Å². The van der Waals surface area contributed by atoms with Gasteiger partial charge in [0.2, 0.25) is 5.91 Å². The molecular weight excluding hydrogens is 553 g/mol. The first-order valence-electron chi connectivity index (χ1n) is 14.7. The fourth-order valence-corrected chi connectivity index (χ4v) is 7.24. The minimum absolute atomic E-state index is 0.153. The van der Waals surface area contributed by atoms with Crippen molar-refractivity contribution in [2.45, 2.75) is 56.9 Å². The van der Waals surface area contributed by atoms with E-state index in [-0.39, 0.29) is 11.3 Å². The average molecular weight is 591 g/mol. The number of pyridine rings is 1. The Morgan fingerprint density at radius 1 is 1.02 bits per heavy atom. The molecule has 214 valence electrons. The number of carbonyl (C=O) groups excluding carboxylic acids is 1. The zero-order chi connectivity index (χ0) is 28.4. The number of hydrogen-bond acceptors (Lipinski definition) is 4. The van der Waals surface area contributed by atoms with Crippen molar-refractivity contribution in [3.63, 3.8) is 0 Å². The molecule has 2 saturated heterocycles. The normalized spacial score (nSPS) is 20.5. The molecule has 41 heavy (non-hydrogen) atoms. The van der Waals surface area contributed by atoms with Gasteiger partial charge in [0.1, 0.15) is 11.3 Å². The van der Waals surface area contributed by atoms with Crippen molar-refractivity contribution < 1.29 is 4.79 Å². The standard InChI is InChI=1S/C33H37Cl2N5O/c1-24-37-30-22-36-15-10-31(30)40(24)27-11-17-38(18-12-27)19-14-33(26-8-9-28(34)29(35)21-26)13-5-16-39(23-33)32(41)20-25-6-3-2-4-7-25/h2-4,6-10,15,21-22,27H,5,11-14,16-20,23H2,1H3. The smallest absolute Gasteiger partial charge is 0.227 e. The predicted octanol–water partition coefficient (Wildman–Crippen LogP) is 6.88. The maximum atomic E-state index is 13.4. The molecule has 0 N–H and O–H groups in total. The number of aromatic nitrogens is 3. The van der Waals surface area contributed by atoms with Gasteiger partial charge in [0.15, 0.2) is 0 Å². The highest BCUT2D eigenvalue weighted by Crippen LogP contribution is 2.40. The Bertz CT molecular complexity index is 1510. The van der Waals surface area contributed by atoms with Gasteiger partial charge in [-0.05, 0) is 74.9 Å². The van der Waals surface area contributed by atoms with Crippen molar-refractivity contribution in [2.24, 2.45) is 0 Å². The van der Waals surface area contributed by atoms with Crippen LogP contribution in [0, 0.1) is 6.92 Å². The molecular formula is C33H37Cl2N5O. The topological polar surface area (TPSA) is 54.3 Å². The Labute approximate surface area is 252 Å². The highest BCUT2D eigenvalue weighted by molar-refractivity contribution is 6.42. The van der Waals surface area contributed by atoms with E-state index in [0.717, 1.165) is 75.2 Å². The van der Waals surface area contributed by atoms with Gasteiger partial charge in [0.25, 0.3) is 0 Å². The number of carbonyl (C=O) groups is 1. The Hall–Kier alpha value is -2.93. The molecule has 2 aromatic carbocycles. The van der Waals surface area contributed by atoms with E-state index in [1.165, 1.54) is 11.1 Å². The van der Waals surface area contributed by atoms with E-state index in [1.54, 1.807) is 0 Å². The molecule has 0 aliphatic carbocycles. The van der Waals surface area contributed by atoms with Crippen LogP contribution in [0.5, 0.6) is 0 Å². The van der Waals surface area contributed by atoms with Gasteiger partial charge in [-0.25, -0.2) is 4.98 Å². The highest BCUT2D eigenvalue weighted by Gasteiger charge is 2.39. The molecule has 2 aliphatic heterocycles. The second-order valence-electron chi connectivity index (χ2n) is 11.7. The monoisotopic (exact) mass is 589 g/mol. The summed E-state index contributed by atoms with van der Waals surface area (Å²) in [5, 5.41) is 1.15. The molecule has 1 unspecified atom stereocenters. The third-order valence-electron chi connectivity index (χ3n) is 9.16. The first kappa shape index (κ1) is 28.2. The predicted molar refractivity (Wildman–Crippen MR) is 166 cm³/mol. The summed E-state index contributed by atoms with van der Waals surface area (Å²) in [6.07, 6.45) is 9.32. The van der Waals surface area contributed by atoms with Crippen LogP contribution in [0.25, 0.3) is 11.0 Å². The number of benzene rings is 2. The Balaban J connectivity index is 1.16. The van der Waals surface area contributed by atoms with Gasteiger partial charge >= 0.3 is 0 Å². The summed E-state index contributed by atoms with van der Waals surface area (Å²) >= 11 is 12.9. The molecule has 8 heteroatoms. The molecule has 2 aliphatic rings. The van der Waals surface area contributed by atoms with Crippen LogP contribution in [0.3, 0.4) is 0 Å². The number of hydrogen-bond donors (Lipinski definition) is 0. The minimum atomic E-state index is -0.153. The summed E-state index contributed by atoms with van der Waals surface area (Å²) in [7, 11) is 0. The lowest BCUT2D eigenvalue weighted by atomic mass is 9.71. The molecule has 2 aromatic heterocycles. The number of halogens is 2. The minimum Gasteiger partial charge on any atom is -0.342 e. The highest BCUT2D eigenvalue weighted by atomic mass is 35.5. The number of nitrogens with zero attached hydrogens (tertiary/aromatic N) is 5. The summed E-state index contributed by atoms with van der Waals surface area (Å²) in [5.74, 6) is 1.26. The molecule has 0 saturated carbocycles. The lowest BCUT2D eigenvalue weighted by Gasteiger charge is -2.45. The summed E-state index contributed by atoms with van der Waals surface area (Å²) in [6, 6.07) is 18.6. The first-order valence-corrected chi connectivity index (χ1v) is 15.5. The second-order valence-corrected chi connectivity index (χ2v) is 12.5. The molecule has 6 rings (SSSR count). The zero-order valence-electron chi connectivity index (χ0n) is 23.6. The summed E-state index contributed by atoms with van der Waals surface area (Å²) < 4.78 is 2.41. The third-order valence-corrected chi connectivity index (χ3v) is 9.90. The van der Waals surface area contributed by atoms with E-state index in [9.17, 15) is 4.79 Å². The summed E-state index contributed by atoms with van der Waals surface area (Å²) in [6.45, 7) is 6.68. The molecule has 1 amide bonds. The number of fused-ring (bicyclic) bond motifs is 1. The number of piperidine rings is 2. The van der Waals surface area contributed by atoms with E-state index in [0.29, 0.717) is 29.1 Å². The van der Waals surface area contributed by atoms with Crippen LogP contribution in [0.2, 0.25) is 10.0 Å². The Kier molecular flexibility index (Phi) is 8.34. The van der Waals surface area contributed by atoms with Crippen LogP contribution >= 0.6 is 23.2 Å². The third kappa shape index (κ3) is 6.01. The second kappa shape index (κ2) is 12.1. The van der Waals surface area contributed by atoms with Gasteiger partial charge < -0.3 is 14.4 Å². The van der Waals surface area contributed by atoms with Crippen LogP contribution < -0.4 is 0 Å². The van der Waals surface area contributed by atoms with E-state index in [1.807, 2.05) is 54.9 Å². The number of aryl methyl sites for hydroxylation is 1. The van der Waals surface area contributed by atoms with Gasteiger partial charge in [0, 0.05) is 43.8 Å². The maximum Gasteiger partial charge on any atom is 0.227 e. The molecule has 0 spiro atoms. The van der Waals surface area contributed by atoms with Gasteiger partial charge in [-0.2, -0.15) is 0 Å². The van der Waals surface area contributed by atoms with Crippen molar-refractivity contribution >= 4 is 40.1 Å². The van der Waals surface area contributed by atoms with Crippen molar-refractivity contribution in [2.75, 3.05) is 32.7 Å². The van der Waals surface area contributed by atoms with Crippen LogP contribution in [0.1, 0.15) is 55.1 Å². The molecule has 0 radical (unpaired) electrons. The number of imidazole rings is 1. The van der Waals surface area contributed by atoms with Crippen LogP contribution in [-0.4, -0.2) is 63.0 Å². The zero-order valence-corrected chi connectivity index (χ0v) is 25.1. The van der Waals surface area contributed by atoms with Gasteiger partial charge in [-0.15, -0.1) is 0 Å². The molecule has 6 nitrogen and oxygen atoms in total. The van der Waals surface area contributed by atoms with Crippen LogP contribution in [0.4, 0.5) is 0 Å². The molecule has 4 aromatic rings. The maximum absolute atomic E-state index is 13.4. The SMILES string of the molecule is Cc1nc2cnccc2n1C1CCN(CCC2(c3ccc(Cl)c(Cl)c3)CCCN(C(=O)Cc3ccccc3)C2)CC1. The fourth-order valence-electron chi connectivity index (χ4n) is 6.94. The van der Waals surface area contributed by atoms with E-state index in [2.05, 4.69) is 38.4 Å². The van der Waals surface area contributed by atoms with Gasteiger partial charge in [-0.3, -0.25) is 9.78 Å². The summed E-state index contributed by atoms with van der Waals surface area (Å²) in [5.41, 5.74) is 4.24. The van der Waals surface area contributed by atoms with Crippen molar-refractivity contribution in [1.82, 2.24) is 24.3 Å². The summed E-state index contributed by atoms with van der Waals surface area (Å²) in [4.78, 5) is 27.1. The van der Waals surface area contributed by atoms with Gasteiger partial charge in [0.05, 0.1) is 28.2 Å². The lowest BCUT2D eigenvalue weighted by Crippen LogP contribution is -2.50. The van der Waals surface area contributed by atoms with Crippen molar-refractivity contribution in [3.8, 4) is 0 Å². The Morgan fingerprint density at radius 3 is 2.61 bits per heavy atom. The quantitative estimate of drug-likeness (QED) is 0.236. The van der Waals surface area contributed by atoms with Crippen molar-refractivity contribution in [3.05, 3.63) is 94.0 Å². The van der Waals surface area contributed by atoms with E-state index in [4.69, 9.17) is 28.2 Å².